The lowest BCUT2D eigenvalue weighted by atomic mass is 10.0. The molecule has 0 heterocycles. The highest BCUT2D eigenvalue weighted by Gasteiger charge is 2.32. The Kier molecular flexibility index (Phi) is 22.5. The molecule has 4 atom stereocenters. The average molecular weight is 902 g/mol. The van der Waals surface area contributed by atoms with Crippen LogP contribution in [-0.4, -0.2) is 95.7 Å². The van der Waals surface area contributed by atoms with Crippen LogP contribution in [0, 0.1) is 0 Å². The number of amides is 7. The molecule has 0 fully saturated rings. The number of ether oxygens (including phenoxy) is 2. The van der Waals surface area contributed by atoms with E-state index in [0.717, 1.165) is 5.56 Å². The van der Waals surface area contributed by atoms with Crippen molar-refractivity contribution in [2.45, 2.75) is 121 Å². The predicted octanol–water partition coefficient (Wildman–Crippen LogP) is 3.55. The van der Waals surface area contributed by atoms with Crippen molar-refractivity contribution >= 4 is 47.7 Å². The number of carboxylic acid groups (broad SMARTS) is 1. The standard InChI is InChI=1S/C47H63N7O11/c1-47(2,3)65-46(63)54-36(24-14-15-27-49-39(55)25-26-40(56)57)42(59)52-38(30-33-19-9-5-10-20-33)44(61)53-37(29-32-17-7-4-8-18-32)43(60)51-35(41(48)58)23-13-16-28-50-45(62)64-31-34-21-11-6-12-22-34/h4-12,17-22,35-38H,13-16,23-31H2,1-3H3,(H2,48,58)(H,49,55)(H,50,62)(H,51,60)(H,52,59)(H,53,61)(H,54,63)(H,56,57)/t35-,36-,37-,38-/m0/s1. The molecule has 0 aromatic heterocycles. The Morgan fingerprint density at radius 3 is 1.48 bits per heavy atom. The minimum absolute atomic E-state index is 0.00261. The molecular formula is C47H63N7O11. The van der Waals surface area contributed by atoms with Crippen molar-refractivity contribution in [2.24, 2.45) is 5.73 Å². The summed E-state index contributed by atoms with van der Waals surface area (Å²) >= 11 is 0. The Morgan fingerprint density at radius 2 is 1.00 bits per heavy atom. The van der Waals surface area contributed by atoms with Gasteiger partial charge < -0.3 is 52.2 Å². The number of carbonyl (C=O) groups excluding carboxylic acids is 7. The van der Waals surface area contributed by atoms with E-state index in [1.807, 2.05) is 30.3 Å². The summed E-state index contributed by atoms with van der Waals surface area (Å²) in [6, 6.07) is 22.2. The first kappa shape index (κ1) is 52.4. The maximum Gasteiger partial charge on any atom is 0.408 e. The Labute approximate surface area is 379 Å². The van der Waals surface area contributed by atoms with Gasteiger partial charge in [-0.05, 0) is 76.0 Å². The van der Waals surface area contributed by atoms with Gasteiger partial charge in [-0.3, -0.25) is 28.8 Å². The number of alkyl carbamates (subject to hydrolysis) is 2. The van der Waals surface area contributed by atoms with Gasteiger partial charge in [-0.1, -0.05) is 91.0 Å². The van der Waals surface area contributed by atoms with Crippen LogP contribution in [0.25, 0.3) is 0 Å². The monoisotopic (exact) mass is 901 g/mol. The van der Waals surface area contributed by atoms with Crippen LogP contribution in [0.1, 0.15) is 88.8 Å². The number of primary amides is 1. The fourth-order valence-corrected chi connectivity index (χ4v) is 6.39. The summed E-state index contributed by atoms with van der Waals surface area (Å²) in [6.45, 7) is 5.54. The Bertz CT molecular complexity index is 2000. The summed E-state index contributed by atoms with van der Waals surface area (Å²) < 4.78 is 10.6. The van der Waals surface area contributed by atoms with E-state index < -0.39 is 77.5 Å². The van der Waals surface area contributed by atoms with E-state index in [2.05, 4.69) is 31.9 Å². The van der Waals surface area contributed by atoms with Crippen molar-refractivity contribution in [1.82, 2.24) is 31.9 Å². The molecule has 0 aliphatic heterocycles. The van der Waals surface area contributed by atoms with Crippen molar-refractivity contribution in [3.8, 4) is 0 Å². The number of aliphatic carboxylic acids is 1. The molecule has 7 amide bonds. The molecule has 0 unspecified atom stereocenters. The van der Waals surface area contributed by atoms with Crippen LogP contribution in [0.3, 0.4) is 0 Å². The molecule has 0 radical (unpaired) electrons. The topological polar surface area (TPSA) is 273 Å². The largest absolute Gasteiger partial charge is 0.481 e. The third-order valence-electron chi connectivity index (χ3n) is 9.71. The SMILES string of the molecule is CC(C)(C)OC(=O)N[C@@H](CCCCNC(=O)CCC(=O)O)C(=O)N[C@@H](Cc1ccccc1)C(=O)N[C@@H](Cc1ccccc1)C(=O)N[C@@H](CCCCNC(=O)OCc1ccccc1)C(N)=O. The van der Waals surface area contributed by atoms with Gasteiger partial charge in [-0.2, -0.15) is 0 Å². The van der Waals surface area contributed by atoms with Crippen molar-refractivity contribution in [3.63, 3.8) is 0 Å². The van der Waals surface area contributed by atoms with Gasteiger partial charge in [0.25, 0.3) is 0 Å². The van der Waals surface area contributed by atoms with Gasteiger partial charge >= 0.3 is 18.2 Å². The second-order valence-electron chi connectivity index (χ2n) is 16.4. The van der Waals surface area contributed by atoms with E-state index in [1.165, 1.54) is 0 Å². The number of hydrogen-bond donors (Lipinski definition) is 8. The van der Waals surface area contributed by atoms with Crippen molar-refractivity contribution in [3.05, 3.63) is 108 Å². The normalized spacial score (nSPS) is 12.8. The van der Waals surface area contributed by atoms with Crippen LogP contribution < -0.4 is 37.6 Å². The lowest BCUT2D eigenvalue weighted by Crippen LogP contribution is -2.59. The maximum absolute atomic E-state index is 14.3. The fourth-order valence-electron chi connectivity index (χ4n) is 6.39. The molecule has 18 heteroatoms. The Balaban J connectivity index is 1.73. The molecular weight excluding hydrogens is 839 g/mol. The van der Waals surface area contributed by atoms with Crippen LogP contribution in [-0.2, 0) is 57.7 Å². The summed E-state index contributed by atoms with van der Waals surface area (Å²) in [4.78, 5) is 103. The van der Waals surface area contributed by atoms with Crippen LogP contribution >= 0.6 is 0 Å². The molecule has 3 rings (SSSR count). The highest BCUT2D eigenvalue weighted by molar-refractivity contribution is 5.95. The van der Waals surface area contributed by atoms with Gasteiger partial charge in [0.05, 0.1) is 6.42 Å². The van der Waals surface area contributed by atoms with E-state index in [9.17, 15) is 38.4 Å². The second-order valence-corrected chi connectivity index (χ2v) is 16.4. The number of rotatable bonds is 27. The second kappa shape index (κ2) is 27.9. The first-order chi connectivity index (χ1) is 31.0. The highest BCUT2D eigenvalue weighted by Crippen LogP contribution is 2.12. The van der Waals surface area contributed by atoms with Crippen molar-refractivity contribution in [2.75, 3.05) is 13.1 Å². The van der Waals surface area contributed by atoms with Gasteiger partial charge in [0.2, 0.25) is 29.5 Å². The minimum atomic E-state index is -1.26. The number of nitrogens with two attached hydrogens (primary N) is 1. The van der Waals surface area contributed by atoms with Gasteiger partial charge in [-0.15, -0.1) is 0 Å². The lowest BCUT2D eigenvalue weighted by Gasteiger charge is -2.27. The fraction of sp³-hybridized carbons (Fsp3) is 0.447. The first-order valence-corrected chi connectivity index (χ1v) is 21.7. The number of nitrogens with one attached hydrogen (secondary N) is 6. The highest BCUT2D eigenvalue weighted by atomic mass is 16.6. The number of carboxylic acids is 1. The first-order valence-electron chi connectivity index (χ1n) is 21.7. The number of hydrogen-bond acceptors (Lipinski definition) is 10. The molecule has 0 bridgehead atoms. The summed E-state index contributed by atoms with van der Waals surface area (Å²) in [7, 11) is 0. The third kappa shape index (κ3) is 22.3. The molecule has 352 valence electrons. The smallest absolute Gasteiger partial charge is 0.408 e. The Hall–Kier alpha value is -6.98. The van der Waals surface area contributed by atoms with Crippen molar-refractivity contribution in [1.29, 1.82) is 0 Å². The van der Waals surface area contributed by atoms with E-state index in [0.29, 0.717) is 36.8 Å². The summed E-state index contributed by atoms with van der Waals surface area (Å²) in [6.07, 6.45) is -0.166. The Morgan fingerprint density at radius 1 is 0.554 bits per heavy atom. The molecule has 9 N–H and O–H groups in total. The zero-order valence-corrected chi connectivity index (χ0v) is 37.3. The number of benzene rings is 3. The zero-order chi connectivity index (χ0) is 47.6. The molecule has 0 saturated heterocycles. The van der Waals surface area contributed by atoms with Gasteiger partial charge in [0.1, 0.15) is 36.4 Å². The van der Waals surface area contributed by atoms with Gasteiger partial charge in [0, 0.05) is 32.4 Å². The van der Waals surface area contributed by atoms with E-state index in [1.54, 1.807) is 81.4 Å². The molecule has 0 spiro atoms. The van der Waals surface area contributed by atoms with Gasteiger partial charge in [-0.25, -0.2) is 9.59 Å². The predicted molar refractivity (Wildman–Crippen MR) is 241 cm³/mol. The molecule has 3 aromatic rings. The average Bonchev–Trinajstić information content (AvgIpc) is 3.26. The summed E-state index contributed by atoms with van der Waals surface area (Å²) in [5.74, 6) is -4.46. The van der Waals surface area contributed by atoms with Crippen LogP contribution in [0.4, 0.5) is 9.59 Å². The quantitative estimate of drug-likeness (QED) is 0.0513. The van der Waals surface area contributed by atoms with Crippen LogP contribution in [0.2, 0.25) is 0 Å². The van der Waals surface area contributed by atoms with E-state index in [4.69, 9.17) is 20.3 Å². The van der Waals surface area contributed by atoms with Crippen LogP contribution in [0.15, 0.2) is 91.0 Å². The molecule has 18 nitrogen and oxygen atoms in total. The molecule has 0 aliphatic rings. The number of unbranched alkanes of at least 4 members (excludes halogenated alkanes) is 2. The molecule has 3 aromatic carbocycles. The van der Waals surface area contributed by atoms with Crippen molar-refractivity contribution < 1.29 is 52.9 Å². The summed E-state index contributed by atoms with van der Waals surface area (Å²) in [5, 5.41) is 24.9. The molecule has 0 aliphatic carbocycles. The molecule has 0 saturated carbocycles. The lowest BCUT2D eigenvalue weighted by molar-refractivity contribution is -0.138. The zero-order valence-electron chi connectivity index (χ0n) is 37.3. The van der Waals surface area contributed by atoms with E-state index in [-0.39, 0.29) is 58.2 Å². The molecule has 65 heavy (non-hydrogen) atoms. The van der Waals surface area contributed by atoms with E-state index >= 15 is 0 Å². The third-order valence-corrected chi connectivity index (χ3v) is 9.71. The van der Waals surface area contributed by atoms with Gasteiger partial charge in [0.15, 0.2) is 0 Å². The summed E-state index contributed by atoms with van der Waals surface area (Å²) in [5.41, 5.74) is 7.03. The van der Waals surface area contributed by atoms with Crippen LogP contribution in [0.5, 0.6) is 0 Å². The number of carbonyl (C=O) groups is 8. The minimum Gasteiger partial charge on any atom is -0.481 e. The maximum atomic E-state index is 14.3.